The molecule has 1 aliphatic rings. The van der Waals surface area contributed by atoms with E-state index in [-0.39, 0.29) is 5.56 Å². The molecule has 1 aliphatic carbocycles. The fourth-order valence-corrected chi connectivity index (χ4v) is 5.27. The van der Waals surface area contributed by atoms with Crippen molar-refractivity contribution in [2.75, 3.05) is 0 Å². The van der Waals surface area contributed by atoms with Crippen LogP contribution in [0.3, 0.4) is 0 Å². The molecule has 0 radical (unpaired) electrons. The molecule has 0 bridgehead atoms. The highest BCUT2D eigenvalue weighted by molar-refractivity contribution is 7.71. The van der Waals surface area contributed by atoms with E-state index < -0.39 is 0 Å². The summed E-state index contributed by atoms with van der Waals surface area (Å²) in [5.74, 6) is 0. The van der Waals surface area contributed by atoms with Crippen LogP contribution in [0.25, 0.3) is 10.2 Å². The van der Waals surface area contributed by atoms with E-state index in [1.165, 1.54) is 10.4 Å². The molecule has 0 spiro atoms. The van der Waals surface area contributed by atoms with Gasteiger partial charge in [-0.3, -0.25) is 9.36 Å². The predicted molar refractivity (Wildman–Crippen MR) is 89.2 cm³/mol. The van der Waals surface area contributed by atoms with Crippen LogP contribution in [0.4, 0.5) is 0 Å². The van der Waals surface area contributed by atoms with Gasteiger partial charge in [-0.1, -0.05) is 0 Å². The number of hydrogen-bond donors (Lipinski definition) is 1. The molecule has 21 heavy (non-hydrogen) atoms. The molecule has 0 fully saturated rings. The summed E-state index contributed by atoms with van der Waals surface area (Å²) in [5, 5.41) is 1.85. The van der Waals surface area contributed by atoms with Gasteiger partial charge in [0.15, 0.2) is 4.77 Å². The average molecular weight is 335 g/mol. The second-order valence-electron chi connectivity index (χ2n) is 5.23. The third-order valence-corrected chi connectivity index (χ3v) is 6.26. The molecule has 0 saturated carbocycles. The number of hydrogen-bond acceptors (Lipinski definition) is 5. The Morgan fingerprint density at radius 2 is 2.29 bits per heavy atom. The lowest BCUT2D eigenvalue weighted by Crippen LogP contribution is -2.22. The van der Waals surface area contributed by atoms with E-state index in [1.807, 2.05) is 13.1 Å². The number of aromatic amines is 1. The van der Waals surface area contributed by atoms with E-state index in [0.717, 1.165) is 39.4 Å². The highest BCUT2D eigenvalue weighted by Crippen LogP contribution is 2.34. The van der Waals surface area contributed by atoms with Crippen LogP contribution in [0.1, 0.15) is 26.7 Å². The first-order chi connectivity index (χ1) is 10.1. The van der Waals surface area contributed by atoms with Gasteiger partial charge in [0, 0.05) is 16.0 Å². The molecule has 7 heteroatoms. The molecular weight excluding hydrogens is 322 g/mol. The molecule has 108 valence electrons. The molecule has 4 nitrogen and oxygen atoms in total. The van der Waals surface area contributed by atoms with E-state index in [9.17, 15) is 4.79 Å². The van der Waals surface area contributed by atoms with Crippen LogP contribution >= 0.6 is 34.9 Å². The van der Waals surface area contributed by atoms with Crippen molar-refractivity contribution in [2.24, 2.45) is 0 Å². The van der Waals surface area contributed by atoms with E-state index in [0.29, 0.717) is 11.3 Å². The Hall–Kier alpha value is -1.31. The van der Waals surface area contributed by atoms with Crippen molar-refractivity contribution in [1.82, 2.24) is 14.5 Å². The van der Waals surface area contributed by atoms with Crippen molar-refractivity contribution in [3.8, 4) is 0 Å². The maximum atomic E-state index is 12.8. The van der Waals surface area contributed by atoms with E-state index in [4.69, 9.17) is 12.2 Å². The lowest BCUT2D eigenvalue weighted by molar-refractivity contribution is 0.742. The average Bonchev–Trinajstić information content (AvgIpc) is 3.10. The second kappa shape index (κ2) is 4.86. The molecule has 0 atom stereocenters. The maximum Gasteiger partial charge on any atom is 0.263 e. The molecular formula is C14H13N3OS3. The number of nitrogens with zero attached hydrogens (tertiary/aromatic N) is 2. The number of aryl methyl sites for hydroxylation is 3. The van der Waals surface area contributed by atoms with E-state index in [2.05, 4.69) is 9.97 Å². The highest BCUT2D eigenvalue weighted by Gasteiger charge is 2.21. The van der Waals surface area contributed by atoms with Crippen LogP contribution in [-0.4, -0.2) is 14.5 Å². The molecule has 0 aromatic carbocycles. The zero-order chi connectivity index (χ0) is 14.6. The zero-order valence-electron chi connectivity index (χ0n) is 11.4. The van der Waals surface area contributed by atoms with Gasteiger partial charge in [0.05, 0.1) is 16.9 Å². The van der Waals surface area contributed by atoms with E-state index >= 15 is 0 Å². The molecule has 0 amide bonds. The van der Waals surface area contributed by atoms with E-state index in [1.54, 1.807) is 27.2 Å². The first-order valence-electron chi connectivity index (χ1n) is 6.82. The quantitative estimate of drug-likeness (QED) is 0.730. The number of thiazole rings is 1. The van der Waals surface area contributed by atoms with Gasteiger partial charge in [0.25, 0.3) is 5.56 Å². The normalized spacial score (nSPS) is 14.0. The fraction of sp³-hybridized carbons (Fsp3) is 0.357. The highest BCUT2D eigenvalue weighted by atomic mass is 32.1. The van der Waals surface area contributed by atoms with Crippen LogP contribution in [0.2, 0.25) is 0 Å². The summed E-state index contributed by atoms with van der Waals surface area (Å²) in [6, 6.07) is 0. The number of H-pyrrole nitrogens is 1. The van der Waals surface area contributed by atoms with Crippen LogP contribution in [-0.2, 0) is 19.4 Å². The lowest BCUT2D eigenvalue weighted by atomic mass is 10.2. The Labute approximate surface area is 134 Å². The van der Waals surface area contributed by atoms with Gasteiger partial charge in [-0.15, -0.1) is 22.7 Å². The minimum absolute atomic E-state index is 0.0409. The first-order valence-corrected chi connectivity index (χ1v) is 8.86. The summed E-state index contributed by atoms with van der Waals surface area (Å²) in [7, 11) is 0. The van der Waals surface area contributed by atoms with Gasteiger partial charge < -0.3 is 4.98 Å². The Bertz CT molecular complexity index is 960. The topological polar surface area (TPSA) is 50.7 Å². The summed E-state index contributed by atoms with van der Waals surface area (Å²) in [6.07, 6.45) is 5.07. The maximum absolute atomic E-state index is 12.8. The summed E-state index contributed by atoms with van der Waals surface area (Å²) >= 11 is 8.67. The minimum Gasteiger partial charge on any atom is -0.323 e. The fourth-order valence-electron chi connectivity index (χ4n) is 2.89. The molecule has 1 N–H and O–H groups in total. The molecule has 4 rings (SSSR count). The predicted octanol–water partition coefficient (Wildman–Crippen LogP) is 3.42. The third-order valence-electron chi connectivity index (χ3n) is 3.83. The standard InChI is InChI=1S/C14H13N3OS3/c1-7-15-5-8(20-7)6-17-13(18)11-9-3-2-4-10(9)21-12(11)16-14(17)19/h5H,2-4,6H2,1H3,(H,16,19). The lowest BCUT2D eigenvalue weighted by Gasteiger charge is -2.05. The first kappa shape index (κ1) is 13.4. The van der Waals surface area contributed by atoms with Crippen molar-refractivity contribution >= 4 is 45.1 Å². The monoisotopic (exact) mass is 335 g/mol. The summed E-state index contributed by atoms with van der Waals surface area (Å²) in [5.41, 5.74) is 1.28. The number of nitrogens with one attached hydrogen (secondary N) is 1. The summed E-state index contributed by atoms with van der Waals surface area (Å²) in [6.45, 7) is 2.47. The van der Waals surface area contributed by atoms with Gasteiger partial charge in [0.2, 0.25) is 0 Å². The van der Waals surface area contributed by atoms with Crippen LogP contribution in [0.15, 0.2) is 11.0 Å². The van der Waals surface area contributed by atoms with Crippen molar-refractivity contribution < 1.29 is 0 Å². The molecule has 0 aliphatic heterocycles. The van der Waals surface area contributed by atoms with Gasteiger partial charge in [0.1, 0.15) is 4.83 Å². The molecule has 0 unspecified atom stereocenters. The Morgan fingerprint density at radius 3 is 3.05 bits per heavy atom. The molecule has 3 aromatic heterocycles. The minimum atomic E-state index is 0.0409. The second-order valence-corrected chi connectivity index (χ2v) is 8.04. The van der Waals surface area contributed by atoms with Gasteiger partial charge in [-0.25, -0.2) is 4.98 Å². The smallest absolute Gasteiger partial charge is 0.263 e. The summed E-state index contributed by atoms with van der Waals surface area (Å²) in [4.78, 5) is 23.7. The number of rotatable bonds is 2. The Balaban J connectivity index is 1.93. The van der Waals surface area contributed by atoms with Crippen molar-refractivity contribution in [2.45, 2.75) is 32.7 Å². The number of aromatic nitrogens is 3. The molecule has 3 heterocycles. The van der Waals surface area contributed by atoms with Crippen LogP contribution in [0, 0.1) is 11.7 Å². The Morgan fingerprint density at radius 1 is 1.43 bits per heavy atom. The molecule has 0 saturated heterocycles. The van der Waals surface area contributed by atoms with Gasteiger partial charge >= 0.3 is 0 Å². The van der Waals surface area contributed by atoms with Crippen LogP contribution < -0.4 is 5.56 Å². The molecule has 3 aromatic rings. The van der Waals surface area contributed by atoms with Crippen molar-refractivity contribution in [3.63, 3.8) is 0 Å². The van der Waals surface area contributed by atoms with Crippen molar-refractivity contribution in [3.05, 3.63) is 41.6 Å². The van der Waals surface area contributed by atoms with Gasteiger partial charge in [-0.2, -0.15) is 0 Å². The van der Waals surface area contributed by atoms with Gasteiger partial charge in [-0.05, 0) is 44.0 Å². The Kier molecular flexibility index (Phi) is 3.09. The summed E-state index contributed by atoms with van der Waals surface area (Å²) < 4.78 is 2.16. The third kappa shape index (κ3) is 2.11. The number of fused-ring (bicyclic) bond motifs is 3. The number of thiophene rings is 1. The SMILES string of the molecule is Cc1ncc(Cn2c(=S)[nH]c3sc4c(c3c2=O)CCC4)s1. The zero-order valence-corrected chi connectivity index (χ0v) is 13.9. The van der Waals surface area contributed by atoms with Crippen molar-refractivity contribution in [1.29, 1.82) is 0 Å². The van der Waals surface area contributed by atoms with Crippen LogP contribution in [0.5, 0.6) is 0 Å². The largest absolute Gasteiger partial charge is 0.323 e.